The summed E-state index contributed by atoms with van der Waals surface area (Å²) >= 11 is 0. The zero-order valence-corrected chi connectivity index (χ0v) is 25.1. The van der Waals surface area contributed by atoms with E-state index in [9.17, 15) is 34.2 Å². The number of aliphatic carboxylic acids is 2. The Kier molecular flexibility index (Phi) is 17.9. The fraction of sp³-hybridized carbons (Fsp3) is 0.828. The van der Waals surface area contributed by atoms with E-state index in [1.807, 2.05) is 9.80 Å². The van der Waals surface area contributed by atoms with E-state index < -0.39 is 11.9 Å². The van der Waals surface area contributed by atoms with Crippen molar-refractivity contribution in [2.75, 3.05) is 91.6 Å². The number of carboxylic acid groups (broad SMARTS) is 2. The van der Waals surface area contributed by atoms with Gasteiger partial charge in [0.1, 0.15) is 6.29 Å². The van der Waals surface area contributed by atoms with Gasteiger partial charge in [0, 0.05) is 71.9 Å². The first kappa shape index (κ1) is 35.6. The van der Waals surface area contributed by atoms with Gasteiger partial charge in [0.05, 0.1) is 26.2 Å². The number of hydrogen-bond donors (Lipinski definition) is 4. The van der Waals surface area contributed by atoms with E-state index in [1.54, 1.807) is 9.80 Å². The van der Waals surface area contributed by atoms with Gasteiger partial charge in [-0.1, -0.05) is 25.7 Å². The minimum absolute atomic E-state index is 0.107. The van der Waals surface area contributed by atoms with E-state index in [0.29, 0.717) is 71.2 Å². The van der Waals surface area contributed by atoms with Crippen LogP contribution < -0.4 is 10.6 Å². The third-order valence-electron chi connectivity index (χ3n) is 8.06. The highest BCUT2D eigenvalue weighted by Crippen LogP contribution is 2.22. The molecule has 0 spiro atoms. The Hall–Kier alpha value is -2.61. The van der Waals surface area contributed by atoms with Crippen molar-refractivity contribution in [2.24, 2.45) is 5.92 Å². The number of hydrogen-bond acceptors (Lipinski definition) is 9. The fourth-order valence-corrected chi connectivity index (χ4v) is 5.54. The molecule has 2 fully saturated rings. The van der Waals surface area contributed by atoms with Gasteiger partial charge in [-0.2, -0.15) is 0 Å². The summed E-state index contributed by atoms with van der Waals surface area (Å²) in [7, 11) is 0. The van der Waals surface area contributed by atoms with Crippen LogP contribution in [0.15, 0.2) is 0 Å². The van der Waals surface area contributed by atoms with Gasteiger partial charge in [-0.15, -0.1) is 0 Å². The lowest BCUT2D eigenvalue weighted by atomic mass is 9.89. The van der Waals surface area contributed by atoms with Crippen molar-refractivity contribution in [3.63, 3.8) is 0 Å². The molecule has 1 aliphatic heterocycles. The van der Waals surface area contributed by atoms with Crippen molar-refractivity contribution >= 4 is 30.0 Å². The van der Waals surface area contributed by atoms with Crippen LogP contribution in [-0.4, -0.2) is 151 Å². The molecular weight excluding hydrogens is 544 g/mol. The zero-order chi connectivity index (χ0) is 30.6. The molecule has 0 aromatic heterocycles. The summed E-state index contributed by atoms with van der Waals surface area (Å²) in [4.78, 5) is 66.2. The van der Waals surface area contributed by atoms with Gasteiger partial charge >= 0.3 is 11.9 Å². The van der Waals surface area contributed by atoms with Crippen LogP contribution in [0.2, 0.25) is 0 Å². The Morgan fingerprint density at radius 1 is 0.643 bits per heavy atom. The molecule has 0 aromatic rings. The number of nitrogens with zero attached hydrogens (tertiary/aromatic N) is 4. The maximum Gasteiger partial charge on any atom is 0.317 e. The summed E-state index contributed by atoms with van der Waals surface area (Å²) in [5.41, 5.74) is 0. The van der Waals surface area contributed by atoms with E-state index in [2.05, 4.69) is 10.6 Å². The fourth-order valence-electron chi connectivity index (χ4n) is 5.54. The third kappa shape index (κ3) is 16.7. The molecule has 1 heterocycles. The van der Waals surface area contributed by atoms with Gasteiger partial charge in [-0.3, -0.25) is 38.8 Å². The molecule has 0 radical (unpaired) electrons. The number of carbonyl (C=O) groups excluding carboxylic acids is 3. The van der Waals surface area contributed by atoms with Crippen LogP contribution in [0.3, 0.4) is 0 Å². The molecule has 0 atom stereocenters. The molecule has 1 saturated carbocycles. The topological polar surface area (TPSA) is 163 Å². The maximum atomic E-state index is 12.7. The minimum atomic E-state index is -0.963. The first-order valence-electron chi connectivity index (χ1n) is 15.5. The Bertz CT molecular complexity index is 839. The normalized spacial score (nSPS) is 19.3. The Balaban J connectivity index is 1.76. The summed E-state index contributed by atoms with van der Waals surface area (Å²) in [6.07, 6.45) is 10.0. The molecule has 240 valence electrons. The number of rotatable bonds is 16. The van der Waals surface area contributed by atoms with Crippen LogP contribution in [-0.2, 0) is 24.0 Å². The standard InChI is InChI=1S/C29H52N6O7/c36-20-19-32-11-13-33(15-16-35(24-29(41)42)18-17-34(14-12-32)23-28(39)40)22-27(38)30-10-6-2-5-9-26(37)31-21-25-7-3-1-4-8-25/h20,25H,1-19,21-24H2,(H,30,38)(H,31,37)(H,39,40)(H,41,42). The molecule has 13 heteroatoms. The van der Waals surface area contributed by atoms with Crippen molar-refractivity contribution in [3.8, 4) is 0 Å². The first-order chi connectivity index (χ1) is 20.2. The average molecular weight is 597 g/mol. The van der Waals surface area contributed by atoms with Crippen molar-refractivity contribution in [2.45, 2.75) is 57.8 Å². The average Bonchev–Trinajstić information content (AvgIpc) is 2.95. The number of carboxylic acids is 2. The number of aldehydes is 1. The molecule has 1 saturated heterocycles. The van der Waals surface area contributed by atoms with E-state index in [1.165, 1.54) is 32.1 Å². The first-order valence-corrected chi connectivity index (χ1v) is 15.5. The predicted molar refractivity (Wildman–Crippen MR) is 158 cm³/mol. The van der Waals surface area contributed by atoms with Crippen molar-refractivity contribution < 1.29 is 34.2 Å². The highest BCUT2D eigenvalue weighted by atomic mass is 16.4. The van der Waals surface area contributed by atoms with Crippen LogP contribution in [0.5, 0.6) is 0 Å². The van der Waals surface area contributed by atoms with E-state index in [0.717, 1.165) is 32.1 Å². The lowest BCUT2D eigenvalue weighted by Gasteiger charge is -2.32. The number of unbranched alkanes of at least 4 members (excludes halogenated alkanes) is 2. The van der Waals surface area contributed by atoms with Crippen LogP contribution in [0.1, 0.15) is 57.8 Å². The highest BCUT2D eigenvalue weighted by molar-refractivity contribution is 5.78. The van der Waals surface area contributed by atoms with E-state index >= 15 is 0 Å². The summed E-state index contributed by atoms with van der Waals surface area (Å²) in [5, 5.41) is 24.6. The van der Waals surface area contributed by atoms with Crippen molar-refractivity contribution in [1.82, 2.24) is 30.2 Å². The predicted octanol–water partition coefficient (Wildman–Crippen LogP) is -0.0508. The number of nitrogens with one attached hydrogen (secondary N) is 2. The molecular formula is C29H52N6O7. The molecule has 2 rings (SSSR count). The van der Waals surface area contributed by atoms with E-state index in [-0.39, 0.29) is 38.0 Å². The van der Waals surface area contributed by atoms with Crippen molar-refractivity contribution in [1.29, 1.82) is 0 Å². The van der Waals surface area contributed by atoms with Crippen LogP contribution >= 0.6 is 0 Å². The number of carbonyl (C=O) groups is 5. The third-order valence-corrected chi connectivity index (χ3v) is 8.06. The van der Waals surface area contributed by atoms with Gasteiger partial charge in [-0.25, -0.2) is 0 Å². The van der Waals surface area contributed by atoms with Crippen LogP contribution in [0, 0.1) is 5.92 Å². The summed E-state index contributed by atoms with van der Waals surface area (Å²) in [5.74, 6) is -1.31. The lowest BCUT2D eigenvalue weighted by Crippen LogP contribution is -2.49. The van der Waals surface area contributed by atoms with Gasteiger partial charge < -0.3 is 25.6 Å². The second-order valence-corrected chi connectivity index (χ2v) is 11.6. The molecule has 2 amide bonds. The summed E-state index contributed by atoms with van der Waals surface area (Å²) in [6, 6.07) is 0. The second-order valence-electron chi connectivity index (χ2n) is 11.6. The summed E-state index contributed by atoms with van der Waals surface area (Å²) < 4.78 is 0. The molecule has 2 aliphatic rings. The van der Waals surface area contributed by atoms with E-state index in [4.69, 9.17) is 0 Å². The smallest absolute Gasteiger partial charge is 0.317 e. The lowest BCUT2D eigenvalue weighted by molar-refractivity contribution is -0.140. The zero-order valence-electron chi connectivity index (χ0n) is 25.1. The van der Waals surface area contributed by atoms with Crippen LogP contribution in [0.4, 0.5) is 0 Å². The van der Waals surface area contributed by atoms with Gasteiger partial charge in [0.25, 0.3) is 0 Å². The molecule has 4 N–H and O–H groups in total. The maximum absolute atomic E-state index is 12.7. The van der Waals surface area contributed by atoms with Gasteiger partial charge in [0.2, 0.25) is 11.8 Å². The Labute approximate surface area is 249 Å². The molecule has 13 nitrogen and oxygen atoms in total. The minimum Gasteiger partial charge on any atom is -0.480 e. The summed E-state index contributed by atoms with van der Waals surface area (Å²) in [6.45, 7) is 4.96. The Morgan fingerprint density at radius 2 is 1.17 bits per heavy atom. The number of amides is 2. The largest absolute Gasteiger partial charge is 0.480 e. The van der Waals surface area contributed by atoms with Gasteiger partial charge in [-0.05, 0) is 31.6 Å². The molecule has 1 aliphatic carbocycles. The van der Waals surface area contributed by atoms with Crippen LogP contribution in [0.25, 0.3) is 0 Å². The molecule has 42 heavy (non-hydrogen) atoms. The SMILES string of the molecule is O=CCN1CCN(CC(=O)O)CCN(CC(=O)O)CCN(CC(=O)NCCCCCC(=O)NCC2CCCCC2)CC1. The van der Waals surface area contributed by atoms with Gasteiger partial charge in [0.15, 0.2) is 0 Å². The quantitative estimate of drug-likeness (QED) is 0.140. The molecule has 0 bridgehead atoms. The Morgan fingerprint density at radius 3 is 1.69 bits per heavy atom. The second kappa shape index (κ2) is 21.1. The van der Waals surface area contributed by atoms with Crippen molar-refractivity contribution in [3.05, 3.63) is 0 Å². The molecule has 0 aromatic carbocycles. The molecule has 0 unspecified atom stereocenters. The monoisotopic (exact) mass is 596 g/mol. The highest BCUT2D eigenvalue weighted by Gasteiger charge is 2.20.